The lowest BCUT2D eigenvalue weighted by Crippen LogP contribution is -2.40. The molecular formula is C18H32O2Si. The Balaban J connectivity index is 2.00. The van der Waals surface area contributed by atoms with Crippen molar-refractivity contribution in [3.8, 4) is 0 Å². The van der Waals surface area contributed by atoms with E-state index < -0.39 is 8.32 Å². The SMILES string of the molecule is CC(C)(C)[Si](C)(C)OCCCCCOCc1ccccc1. The lowest BCUT2D eigenvalue weighted by atomic mass is 10.2. The average molecular weight is 309 g/mol. The molecule has 1 aromatic carbocycles. The normalized spacial score (nSPS) is 12.6. The van der Waals surface area contributed by atoms with E-state index in [0.29, 0.717) is 5.04 Å². The molecule has 0 aromatic heterocycles. The van der Waals surface area contributed by atoms with Crippen molar-refractivity contribution in [1.82, 2.24) is 0 Å². The molecule has 1 rings (SSSR count). The lowest BCUT2D eigenvalue weighted by molar-refractivity contribution is 0.115. The van der Waals surface area contributed by atoms with E-state index in [-0.39, 0.29) is 0 Å². The monoisotopic (exact) mass is 308 g/mol. The first-order chi connectivity index (χ1) is 9.83. The summed E-state index contributed by atoms with van der Waals surface area (Å²) in [6.45, 7) is 14.0. The third-order valence-electron chi connectivity index (χ3n) is 4.31. The number of ether oxygens (including phenoxy) is 1. The van der Waals surface area contributed by atoms with Crippen molar-refractivity contribution < 1.29 is 9.16 Å². The Morgan fingerprint density at radius 1 is 0.905 bits per heavy atom. The first kappa shape index (κ1) is 18.4. The highest BCUT2D eigenvalue weighted by molar-refractivity contribution is 6.74. The number of hydrogen-bond donors (Lipinski definition) is 0. The number of hydrogen-bond acceptors (Lipinski definition) is 2. The molecule has 0 spiro atoms. The Kier molecular flexibility index (Phi) is 7.64. The van der Waals surface area contributed by atoms with Crippen LogP contribution in [0.25, 0.3) is 0 Å². The number of benzene rings is 1. The van der Waals surface area contributed by atoms with Gasteiger partial charge in [0.05, 0.1) is 6.61 Å². The maximum atomic E-state index is 6.17. The van der Waals surface area contributed by atoms with E-state index in [1.807, 2.05) is 6.07 Å². The van der Waals surface area contributed by atoms with Crippen molar-refractivity contribution in [1.29, 1.82) is 0 Å². The molecule has 0 atom stereocenters. The van der Waals surface area contributed by atoms with Crippen molar-refractivity contribution in [2.24, 2.45) is 0 Å². The van der Waals surface area contributed by atoms with Crippen LogP contribution in [0.3, 0.4) is 0 Å². The minimum atomic E-state index is -1.56. The molecule has 3 heteroatoms. The van der Waals surface area contributed by atoms with Gasteiger partial charge in [-0.2, -0.15) is 0 Å². The van der Waals surface area contributed by atoms with Gasteiger partial charge in [0.2, 0.25) is 0 Å². The molecule has 0 N–H and O–H groups in total. The Bertz CT molecular complexity index is 382. The molecule has 1 aromatic rings. The first-order valence-corrected chi connectivity index (χ1v) is 11.0. The maximum absolute atomic E-state index is 6.17. The standard InChI is InChI=1S/C18H32O2Si/c1-18(2,3)21(4,5)20-15-11-7-10-14-19-16-17-12-8-6-9-13-17/h6,8-9,12-13H,7,10-11,14-16H2,1-5H3. The van der Waals surface area contributed by atoms with Gasteiger partial charge in [-0.05, 0) is 43.0 Å². The smallest absolute Gasteiger partial charge is 0.191 e. The summed E-state index contributed by atoms with van der Waals surface area (Å²) in [5.41, 5.74) is 1.25. The Morgan fingerprint density at radius 2 is 1.52 bits per heavy atom. The Labute approximate surface area is 132 Å². The van der Waals surface area contributed by atoms with Gasteiger partial charge < -0.3 is 9.16 Å². The van der Waals surface area contributed by atoms with Gasteiger partial charge in [0.15, 0.2) is 8.32 Å². The van der Waals surface area contributed by atoms with Gasteiger partial charge in [0.1, 0.15) is 0 Å². The van der Waals surface area contributed by atoms with Crippen molar-refractivity contribution in [3.63, 3.8) is 0 Å². The molecule has 0 fully saturated rings. The van der Waals surface area contributed by atoms with Crippen molar-refractivity contribution in [3.05, 3.63) is 35.9 Å². The molecule has 0 heterocycles. The van der Waals surface area contributed by atoms with Gasteiger partial charge in [-0.15, -0.1) is 0 Å². The van der Waals surface area contributed by atoms with Crippen LogP contribution in [0.4, 0.5) is 0 Å². The molecule has 120 valence electrons. The summed E-state index contributed by atoms with van der Waals surface area (Å²) in [6.07, 6.45) is 3.44. The topological polar surface area (TPSA) is 18.5 Å². The average Bonchev–Trinajstić information content (AvgIpc) is 2.41. The molecule has 0 radical (unpaired) electrons. The van der Waals surface area contributed by atoms with Crippen LogP contribution in [0, 0.1) is 0 Å². The molecule has 0 amide bonds. The molecule has 0 saturated carbocycles. The third kappa shape index (κ3) is 7.25. The van der Waals surface area contributed by atoms with Crippen molar-refractivity contribution in [2.75, 3.05) is 13.2 Å². The van der Waals surface area contributed by atoms with Crippen molar-refractivity contribution in [2.45, 2.75) is 64.8 Å². The largest absolute Gasteiger partial charge is 0.417 e. The van der Waals surface area contributed by atoms with E-state index in [4.69, 9.17) is 9.16 Å². The zero-order valence-electron chi connectivity index (χ0n) is 14.4. The highest BCUT2D eigenvalue weighted by Gasteiger charge is 2.36. The molecule has 0 aliphatic carbocycles. The van der Waals surface area contributed by atoms with Crippen LogP contribution in [0.1, 0.15) is 45.6 Å². The second-order valence-electron chi connectivity index (χ2n) is 7.21. The van der Waals surface area contributed by atoms with Crippen LogP contribution >= 0.6 is 0 Å². The summed E-state index contributed by atoms with van der Waals surface area (Å²) in [5.74, 6) is 0. The van der Waals surface area contributed by atoms with Gasteiger partial charge in [-0.25, -0.2) is 0 Å². The molecule has 0 aliphatic heterocycles. The van der Waals surface area contributed by atoms with E-state index in [2.05, 4.69) is 58.1 Å². The van der Waals surface area contributed by atoms with Crippen LogP contribution in [-0.2, 0) is 15.8 Å². The van der Waals surface area contributed by atoms with E-state index in [0.717, 1.165) is 32.7 Å². The van der Waals surface area contributed by atoms with Crippen LogP contribution < -0.4 is 0 Å². The summed E-state index contributed by atoms with van der Waals surface area (Å²) in [4.78, 5) is 0. The van der Waals surface area contributed by atoms with Gasteiger partial charge in [0, 0.05) is 13.2 Å². The summed E-state index contributed by atoms with van der Waals surface area (Å²) in [6, 6.07) is 10.3. The second kappa shape index (κ2) is 8.72. The molecule has 0 unspecified atom stereocenters. The first-order valence-electron chi connectivity index (χ1n) is 8.08. The minimum Gasteiger partial charge on any atom is -0.417 e. The minimum absolute atomic E-state index is 0.311. The highest BCUT2D eigenvalue weighted by atomic mass is 28.4. The van der Waals surface area contributed by atoms with Gasteiger partial charge in [-0.3, -0.25) is 0 Å². The predicted molar refractivity (Wildman–Crippen MR) is 93.1 cm³/mol. The predicted octanol–water partition coefficient (Wildman–Crippen LogP) is 5.40. The fourth-order valence-electron chi connectivity index (χ4n) is 1.79. The maximum Gasteiger partial charge on any atom is 0.191 e. The zero-order chi connectivity index (χ0) is 15.8. The lowest BCUT2D eigenvalue weighted by Gasteiger charge is -2.36. The third-order valence-corrected chi connectivity index (χ3v) is 8.85. The van der Waals surface area contributed by atoms with Crippen LogP contribution in [-0.4, -0.2) is 21.5 Å². The summed E-state index contributed by atoms with van der Waals surface area (Å²) in [7, 11) is -1.56. The fourth-order valence-corrected chi connectivity index (χ4v) is 2.88. The summed E-state index contributed by atoms with van der Waals surface area (Å²) >= 11 is 0. The van der Waals surface area contributed by atoms with Gasteiger partial charge >= 0.3 is 0 Å². The number of rotatable bonds is 9. The van der Waals surface area contributed by atoms with Crippen molar-refractivity contribution >= 4 is 8.32 Å². The van der Waals surface area contributed by atoms with Gasteiger partial charge in [-0.1, -0.05) is 51.1 Å². The molecular weight excluding hydrogens is 276 g/mol. The Hall–Kier alpha value is -0.643. The molecule has 0 bridgehead atoms. The molecule has 0 aliphatic rings. The molecule has 21 heavy (non-hydrogen) atoms. The summed E-state index contributed by atoms with van der Waals surface area (Å²) < 4.78 is 11.9. The van der Waals surface area contributed by atoms with Crippen LogP contribution in [0.2, 0.25) is 18.1 Å². The van der Waals surface area contributed by atoms with Crippen LogP contribution in [0.5, 0.6) is 0 Å². The molecule has 2 nitrogen and oxygen atoms in total. The number of unbranched alkanes of at least 4 members (excludes halogenated alkanes) is 2. The van der Waals surface area contributed by atoms with Crippen LogP contribution in [0.15, 0.2) is 30.3 Å². The zero-order valence-corrected chi connectivity index (χ0v) is 15.4. The fraction of sp³-hybridized carbons (Fsp3) is 0.667. The highest BCUT2D eigenvalue weighted by Crippen LogP contribution is 2.36. The molecule has 0 saturated heterocycles. The van der Waals surface area contributed by atoms with Gasteiger partial charge in [0.25, 0.3) is 0 Å². The Morgan fingerprint density at radius 3 is 2.14 bits per heavy atom. The summed E-state index contributed by atoms with van der Waals surface area (Å²) in [5, 5.41) is 0.311. The van der Waals surface area contributed by atoms with E-state index in [1.54, 1.807) is 0 Å². The van der Waals surface area contributed by atoms with E-state index >= 15 is 0 Å². The van der Waals surface area contributed by atoms with E-state index in [9.17, 15) is 0 Å². The quantitative estimate of drug-likeness (QED) is 0.449. The van der Waals surface area contributed by atoms with E-state index in [1.165, 1.54) is 12.0 Å². The second-order valence-corrected chi connectivity index (χ2v) is 12.0.